The molecule has 568 valence electrons. The van der Waals surface area contributed by atoms with Crippen molar-refractivity contribution in [1.82, 2.24) is 21.3 Å². The second kappa shape index (κ2) is 36.8. The Labute approximate surface area is 562 Å². The van der Waals surface area contributed by atoms with Crippen LogP contribution in [0.25, 0.3) is 0 Å². The molecule has 0 spiro atoms. The van der Waals surface area contributed by atoms with Gasteiger partial charge in [-0.15, -0.1) is 0 Å². The van der Waals surface area contributed by atoms with Crippen LogP contribution in [0.2, 0.25) is 0 Å². The maximum Gasteiger partial charge on any atom is 0.294 e. The van der Waals surface area contributed by atoms with Crippen LogP contribution >= 0.6 is 0 Å². The zero-order chi connectivity index (χ0) is 72.4. The van der Waals surface area contributed by atoms with Gasteiger partial charge in [0.1, 0.15) is 127 Å². The molecule has 0 aromatic rings. The number of hydrogen-bond acceptors (Lipinski definition) is 38. The summed E-state index contributed by atoms with van der Waals surface area (Å²) in [6, 6.07) is -8.35. The Bertz CT molecular complexity index is 2550. The smallest absolute Gasteiger partial charge is 0.294 e. The third-order valence-corrected chi connectivity index (χ3v) is 18.2. The molecular weight excluding hydrogens is 1320 g/mol. The van der Waals surface area contributed by atoms with Crippen molar-refractivity contribution in [3.63, 3.8) is 0 Å². The fourth-order valence-electron chi connectivity index (χ4n) is 12.5. The van der Waals surface area contributed by atoms with Crippen molar-refractivity contribution in [3.8, 4) is 0 Å². The molecule has 98 heavy (non-hydrogen) atoms. The quantitative estimate of drug-likeness (QED) is 0.0346. The van der Waals surface area contributed by atoms with E-state index in [0.29, 0.717) is 37.4 Å². The summed E-state index contributed by atoms with van der Waals surface area (Å²) in [4.78, 5) is 25.3. The fourth-order valence-corrected chi connectivity index (χ4v) is 12.5. The Morgan fingerprint density at radius 1 is 0.510 bits per heavy atom. The number of alkyl halides is 2. The van der Waals surface area contributed by atoms with Gasteiger partial charge < -0.3 is 197 Å². The summed E-state index contributed by atoms with van der Waals surface area (Å²) >= 11 is 0. The minimum atomic E-state index is -3.99. The summed E-state index contributed by atoms with van der Waals surface area (Å²) in [6.07, 6.45) is -33.8. The monoisotopic (exact) mass is 1430 g/mol. The Balaban J connectivity index is 0.000000276. The van der Waals surface area contributed by atoms with Gasteiger partial charge in [-0.05, 0) is 64.9 Å². The van der Waals surface area contributed by atoms with Crippen LogP contribution in [0, 0.1) is 0 Å². The van der Waals surface area contributed by atoms with Crippen molar-refractivity contribution in [2.45, 2.75) is 246 Å². The van der Waals surface area contributed by atoms with E-state index in [1.54, 1.807) is 20.2 Å². The van der Waals surface area contributed by atoms with Gasteiger partial charge in [0.2, 0.25) is 18.5 Å². The molecule has 6 aliphatic heterocycles. The SMILES string of the molecule is CNCC1=CC[C@@H](N)[C@@H](O[C@H]2[C@H](O[C@@H]3O[C@H](CO)[C@@H](O[C@H]4O[C@@H](CN)[C@@H](O)[C@H](O)[C@H]4N)[C@H]3O)[C@@H](O)[C@H](NC(=O)C(O)C(F)(F)CN)C[C@@H]2N)O1.CNCC1=CC[C@@H](N)[C@@H](O[C@H]2[C@H](O[C@@H]3O[C@H](CO)[C@@H](O[C@H]4O[C@@H](CN)[C@@H](O)[C@H](O)[C@H]4N)[C@H]3O)[C@@H](O)[C@H](NC(=O)C(O)CCN)C[C@@H]2N)O1. The van der Waals surface area contributed by atoms with E-state index in [4.69, 9.17) is 114 Å². The molecule has 0 radical (unpaired) electrons. The van der Waals surface area contributed by atoms with Crippen LogP contribution in [0.4, 0.5) is 8.78 Å². The van der Waals surface area contributed by atoms with E-state index in [2.05, 4.69) is 21.3 Å². The highest BCUT2D eigenvalue weighted by Gasteiger charge is 2.57. The zero-order valence-electron chi connectivity index (χ0n) is 54.1. The van der Waals surface area contributed by atoms with Crippen molar-refractivity contribution in [1.29, 1.82) is 0 Å². The fraction of sp³-hybridized carbons (Fsp3) is 0.893. The van der Waals surface area contributed by atoms with Gasteiger partial charge in [-0.3, -0.25) is 9.59 Å². The number of ether oxygens (including phenoxy) is 12. The lowest BCUT2D eigenvalue weighted by Crippen LogP contribution is -2.67. The molecular formula is C56H104F2N14O26. The van der Waals surface area contributed by atoms with Gasteiger partial charge in [0.05, 0.1) is 69.1 Å². The highest BCUT2D eigenvalue weighted by atomic mass is 19.3. The summed E-state index contributed by atoms with van der Waals surface area (Å²) in [5, 5.41) is 138. The van der Waals surface area contributed by atoms with E-state index in [9.17, 15) is 79.6 Å². The number of nitrogens with one attached hydrogen (secondary N) is 4. The number of hydrogen-bond donors (Lipinski definition) is 26. The van der Waals surface area contributed by atoms with E-state index >= 15 is 0 Å². The molecule has 2 saturated carbocycles. The molecule has 2 amide bonds. The molecule has 36 N–H and O–H groups in total. The number of aliphatic hydroxyl groups is 12. The minimum Gasteiger partial charge on any atom is -0.467 e. The maximum absolute atomic E-state index is 14.0. The number of rotatable bonds is 28. The predicted molar refractivity (Wildman–Crippen MR) is 328 cm³/mol. The molecule has 2 aliphatic carbocycles. The van der Waals surface area contributed by atoms with Gasteiger partial charge in [-0.25, -0.2) is 8.78 Å². The number of likely N-dealkylation sites (N-methyl/N-ethyl adjacent to an activating group) is 2. The van der Waals surface area contributed by atoms with Gasteiger partial charge in [-0.2, -0.15) is 0 Å². The lowest BCUT2D eigenvalue weighted by atomic mass is 9.83. The lowest BCUT2D eigenvalue weighted by Gasteiger charge is -2.46. The highest BCUT2D eigenvalue weighted by Crippen LogP contribution is 2.38. The Morgan fingerprint density at radius 3 is 1.23 bits per heavy atom. The second-order valence-corrected chi connectivity index (χ2v) is 25.4. The van der Waals surface area contributed by atoms with Crippen molar-refractivity contribution in [2.75, 3.05) is 66.6 Å². The van der Waals surface area contributed by atoms with Crippen LogP contribution in [-0.4, -0.2) is 354 Å². The molecule has 6 fully saturated rings. The van der Waals surface area contributed by atoms with Gasteiger partial charge in [0.15, 0.2) is 31.3 Å². The van der Waals surface area contributed by atoms with Crippen LogP contribution < -0.4 is 78.6 Å². The topological polar surface area (TPSA) is 696 Å². The second-order valence-electron chi connectivity index (χ2n) is 25.4. The first kappa shape index (κ1) is 81.8. The standard InChI is InChI=1S/C28H51F2N7O13.C28H53N7O13/c1-36-6-9-2-3-10(33)25(45-9)48-20-11(34)4-12(37-24(44)23(43)28(29,30)8-32)16(39)22(20)50-27-19(42)21(14(7-38)47-27)49-26-15(35)18(41)17(40)13(5-31)46-26;1-34-8-10-2-3-11(31)26(43-10)46-22-12(32)6-13(35-25(42)14(37)4-5-29)18(38)24(22)48-28-21(41)23(16(9-36)45-28)47-27-17(33)20(40)19(39)15(7-30)44-27/h2,10-23,25-27,36,38-43H,3-8,31-35H2,1H3,(H,37,44);2,11-24,26-28,34,36-41H,3-9,29-33H2,1H3,(H,35,42)/t10-,11+,12-,13+,14-,15-,16+,17-,18-,19-,20-,21-,22-,23?,25-,26-,27+;11-,12+,13-,14?,15+,16-,17-,18+,19-,20-,21-,22-,23-,24-,26-,27-,28+/m11/s1. The average molecular weight is 1430 g/mol. The van der Waals surface area contributed by atoms with Crippen molar-refractivity contribution >= 4 is 11.8 Å². The van der Waals surface area contributed by atoms with Crippen molar-refractivity contribution in [2.24, 2.45) is 57.3 Å². The first-order chi connectivity index (χ1) is 46.4. The van der Waals surface area contributed by atoms with Gasteiger partial charge in [-0.1, -0.05) is 0 Å². The van der Waals surface area contributed by atoms with Crippen molar-refractivity contribution in [3.05, 3.63) is 23.7 Å². The maximum atomic E-state index is 14.0. The Hall–Kier alpha value is -3.48. The number of aliphatic hydroxyl groups excluding tert-OH is 12. The van der Waals surface area contributed by atoms with Crippen LogP contribution in [0.3, 0.4) is 0 Å². The van der Waals surface area contributed by atoms with Crippen LogP contribution in [-0.2, 0) is 66.4 Å². The Morgan fingerprint density at radius 2 is 0.878 bits per heavy atom. The summed E-state index contributed by atoms with van der Waals surface area (Å²) in [5.74, 6) is -5.25. The summed E-state index contributed by atoms with van der Waals surface area (Å²) < 4.78 is 98.8. The molecule has 6 heterocycles. The van der Waals surface area contributed by atoms with Crippen LogP contribution in [0.1, 0.15) is 32.1 Å². The molecule has 8 rings (SSSR count). The average Bonchev–Trinajstić information content (AvgIpc) is 1.37. The van der Waals surface area contributed by atoms with E-state index in [-0.39, 0.29) is 38.9 Å². The minimum absolute atomic E-state index is 0.0135. The molecule has 2 unspecified atom stereocenters. The van der Waals surface area contributed by atoms with Crippen LogP contribution in [0.15, 0.2) is 23.7 Å². The first-order valence-electron chi connectivity index (χ1n) is 32.3. The van der Waals surface area contributed by atoms with Crippen LogP contribution in [0.5, 0.6) is 0 Å². The normalized spacial score (nSPS) is 43.7. The van der Waals surface area contributed by atoms with Gasteiger partial charge >= 0.3 is 0 Å². The summed E-state index contributed by atoms with van der Waals surface area (Å²) in [7, 11) is 3.44. The first-order valence-corrected chi connectivity index (χ1v) is 32.3. The van der Waals surface area contributed by atoms with Gasteiger partial charge in [0.25, 0.3) is 11.8 Å². The molecule has 4 saturated heterocycles. The van der Waals surface area contributed by atoms with E-state index in [0.717, 1.165) is 0 Å². The lowest BCUT2D eigenvalue weighted by molar-refractivity contribution is -0.282. The number of carbonyl (C=O) groups is 2. The zero-order valence-corrected chi connectivity index (χ0v) is 54.1. The molecule has 42 heteroatoms. The van der Waals surface area contributed by atoms with Crippen molar-refractivity contribution < 1.29 is 136 Å². The van der Waals surface area contributed by atoms with E-state index < -0.39 is 246 Å². The summed E-state index contributed by atoms with van der Waals surface area (Å²) in [6.45, 7) is -2.35. The van der Waals surface area contributed by atoms with E-state index in [1.165, 1.54) is 0 Å². The largest absolute Gasteiger partial charge is 0.467 e. The third-order valence-electron chi connectivity index (χ3n) is 18.2. The molecule has 0 aromatic heterocycles. The Kier molecular flexibility index (Phi) is 30.7. The molecule has 0 bridgehead atoms. The van der Waals surface area contributed by atoms with E-state index in [1.807, 2.05) is 6.08 Å². The predicted octanol–water partition coefficient (Wildman–Crippen LogP) is -14.9. The van der Waals surface area contributed by atoms with Gasteiger partial charge in [0, 0.05) is 25.2 Å². The number of carbonyl (C=O) groups excluding carboxylic acids is 2. The molecule has 0 aromatic carbocycles. The number of amides is 2. The number of halogens is 2. The highest BCUT2D eigenvalue weighted by molar-refractivity contribution is 5.82. The molecule has 40 nitrogen and oxygen atoms in total. The molecule has 8 aliphatic rings. The summed E-state index contributed by atoms with van der Waals surface area (Å²) in [5.41, 5.74) is 59.3. The third kappa shape index (κ3) is 19.3. The molecule has 34 atom stereocenters. The number of nitrogens with two attached hydrogens (primary N) is 10.